The molecule has 0 aliphatic rings. The summed E-state index contributed by atoms with van der Waals surface area (Å²) in [6.07, 6.45) is 1.73. The standard InChI is InChI=1S/C18H22O2/c1-11-5-7-15(13(3)17(11)19)9-10-16-8-6-12(2)18(20)14(16)4/h5-8,19-20H,9-10H2,1-4H3. The van der Waals surface area contributed by atoms with Crippen molar-refractivity contribution in [2.45, 2.75) is 40.5 Å². The Balaban J connectivity index is 2.22. The summed E-state index contributed by atoms with van der Waals surface area (Å²) in [6, 6.07) is 8.07. The van der Waals surface area contributed by atoms with Gasteiger partial charge in [0.15, 0.2) is 0 Å². The van der Waals surface area contributed by atoms with E-state index in [1.807, 2.05) is 39.8 Å². The predicted molar refractivity (Wildman–Crippen MR) is 82.6 cm³/mol. The third-order valence-corrected chi connectivity index (χ3v) is 4.15. The van der Waals surface area contributed by atoms with E-state index in [1.54, 1.807) is 0 Å². The Morgan fingerprint density at radius 3 is 1.35 bits per heavy atom. The molecule has 0 saturated heterocycles. The number of rotatable bonds is 3. The highest BCUT2D eigenvalue weighted by Crippen LogP contribution is 2.28. The Hall–Kier alpha value is -1.96. The van der Waals surface area contributed by atoms with E-state index in [4.69, 9.17) is 0 Å². The highest BCUT2D eigenvalue weighted by Gasteiger charge is 2.09. The molecule has 0 fully saturated rings. The van der Waals surface area contributed by atoms with Gasteiger partial charge in [-0.3, -0.25) is 0 Å². The Morgan fingerprint density at radius 1 is 0.650 bits per heavy atom. The van der Waals surface area contributed by atoms with Gasteiger partial charge < -0.3 is 10.2 Å². The summed E-state index contributed by atoms with van der Waals surface area (Å²) in [4.78, 5) is 0. The lowest BCUT2D eigenvalue weighted by molar-refractivity contribution is 0.464. The molecule has 2 nitrogen and oxygen atoms in total. The van der Waals surface area contributed by atoms with Crippen LogP contribution in [0.2, 0.25) is 0 Å². The van der Waals surface area contributed by atoms with Crippen molar-refractivity contribution in [1.29, 1.82) is 0 Å². The molecule has 0 atom stereocenters. The second-order valence-electron chi connectivity index (χ2n) is 5.53. The Morgan fingerprint density at radius 2 is 1.00 bits per heavy atom. The number of aromatic hydroxyl groups is 2. The van der Waals surface area contributed by atoms with Crippen LogP contribution in [0.4, 0.5) is 0 Å². The van der Waals surface area contributed by atoms with Gasteiger partial charge in [-0.05, 0) is 73.9 Å². The van der Waals surface area contributed by atoms with Gasteiger partial charge in [-0.25, -0.2) is 0 Å². The molecule has 2 heteroatoms. The lowest BCUT2D eigenvalue weighted by atomic mass is 9.95. The van der Waals surface area contributed by atoms with Crippen LogP contribution >= 0.6 is 0 Å². The zero-order valence-corrected chi connectivity index (χ0v) is 12.6. The number of benzene rings is 2. The zero-order chi connectivity index (χ0) is 14.9. The van der Waals surface area contributed by atoms with E-state index in [0.29, 0.717) is 11.5 Å². The maximum absolute atomic E-state index is 9.98. The number of phenols is 2. The number of aryl methyl sites for hydroxylation is 4. The molecule has 0 aromatic heterocycles. The molecule has 0 saturated carbocycles. The van der Waals surface area contributed by atoms with Crippen molar-refractivity contribution in [3.8, 4) is 11.5 Å². The molecule has 2 N–H and O–H groups in total. The van der Waals surface area contributed by atoms with E-state index in [2.05, 4.69) is 12.1 Å². The van der Waals surface area contributed by atoms with Crippen molar-refractivity contribution in [3.05, 3.63) is 57.6 Å². The van der Waals surface area contributed by atoms with E-state index in [0.717, 1.165) is 46.2 Å². The van der Waals surface area contributed by atoms with Gasteiger partial charge in [0.25, 0.3) is 0 Å². The minimum absolute atomic E-state index is 0.394. The minimum Gasteiger partial charge on any atom is -0.507 e. The van der Waals surface area contributed by atoms with Crippen molar-refractivity contribution in [2.75, 3.05) is 0 Å². The van der Waals surface area contributed by atoms with Gasteiger partial charge in [-0.2, -0.15) is 0 Å². The minimum atomic E-state index is 0.394. The Kier molecular flexibility index (Phi) is 4.03. The van der Waals surface area contributed by atoms with Crippen LogP contribution < -0.4 is 0 Å². The van der Waals surface area contributed by atoms with Gasteiger partial charge in [0.1, 0.15) is 11.5 Å². The second-order valence-corrected chi connectivity index (χ2v) is 5.53. The fourth-order valence-corrected chi connectivity index (χ4v) is 2.57. The van der Waals surface area contributed by atoms with Crippen LogP contribution in [0.25, 0.3) is 0 Å². The van der Waals surface area contributed by atoms with Crippen LogP contribution in [0.3, 0.4) is 0 Å². The SMILES string of the molecule is Cc1ccc(CCc2ccc(C)c(O)c2C)c(C)c1O. The van der Waals surface area contributed by atoms with Crippen LogP contribution in [-0.2, 0) is 12.8 Å². The number of phenolic OH excluding ortho intramolecular Hbond substituents is 2. The Bertz CT molecular complexity index is 585. The molecule has 0 bridgehead atoms. The van der Waals surface area contributed by atoms with Crippen molar-refractivity contribution in [1.82, 2.24) is 0 Å². The number of hydrogen-bond donors (Lipinski definition) is 2. The molecule has 106 valence electrons. The molecule has 0 amide bonds. The normalized spacial score (nSPS) is 10.8. The van der Waals surface area contributed by atoms with Gasteiger partial charge in [0.2, 0.25) is 0 Å². The van der Waals surface area contributed by atoms with Crippen molar-refractivity contribution >= 4 is 0 Å². The largest absolute Gasteiger partial charge is 0.507 e. The fourth-order valence-electron chi connectivity index (χ4n) is 2.57. The zero-order valence-electron chi connectivity index (χ0n) is 12.6. The topological polar surface area (TPSA) is 40.5 Å². The van der Waals surface area contributed by atoms with Crippen LogP contribution in [0.15, 0.2) is 24.3 Å². The lowest BCUT2D eigenvalue weighted by Gasteiger charge is -2.12. The molecule has 20 heavy (non-hydrogen) atoms. The molecule has 0 radical (unpaired) electrons. The fraction of sp³-hybridized carbons (Fsp3) is 0.333. The molecular formula is C18H22O2. The van der Waals surface area contributed by atoms with Crippen LogP contribution in [0, 0.1) is 27.7 Å². The first-order chi connectivity index (χ1) is 9.41. The first-order valence-corrected chi connectivity index (χ1v) is 6.98. The molecule has 0 spiro atoms. The maximum atomic E-state index is 9.98. The summed E-state index contributed by atoms with van der Waals surface area (Å²) >= 11 is 0. The lowest BCUT2D eigenvalue weighted by Crippen LogP contribution is -1.98. The predicted octanol–water partition coefficient (Wildman–Crippen LogP) is 4.12. The van der Waals surface area contributed by atoms with E-state index in [-0.39, 0.29) is 0 Å². The summed E-state index contributed by atoms with van der Waals surface area (Å²) in [5, 5.41) is 20.0. The molecule has 0 aliphatic heterocycles. The average molecular weight is 270 g/mol. The maximum Gasteiger partial charge on any atom is 0.121 e. The van der Waals surface area contributed by atoms with Gasteiger partial charge >= 0.3 is 0 Å². The Labute approximate surface area is 120 Å². The van der Waals surface area contributed by atoms with E-state index >= 15 is 0 Å². The van der Waals surface area contributed by atoms with Crippen LogP contribution in [-0.4, -0.2) is 10.2 Å². The molecule has 0 heterocycles. The summed E-state index contributed by atoms with van der Waals surface area (Å²) in [5.41, 5.74) is 6.06. The number of hydrogen-bond acceptors (Lipinski definition) is 2. The second kappa shape index (κ2) is 5.58. The van der Waals surface area contributed by atoms with Crippen molar-refractivity contribution in [2.24, 2.45) is 0 Å². The first-order valence-electron chi connectivity index (χ1n) is 6.98. The molecule has 0 aliphatic carbocycles. The summed E-state index contributed by atoms with van der Waals surface area (Å²) < 4.78 is 0. The van der Waals surface area contributed by atoms with E-state index in [9.17, 15) is 10.2 Å². The monoisotopic (exact) mass is 270 g/mol. The third kappa shape index (κ3) is 2.64. The van der Waals surface area contributed by atoms with Crippen molar-refractivity contribution < 1.29 is 10.2 Å². The highest BCUT2D eigenvalue weighted by atomic mass is 16.3. The van der Waals surface area contributed by atoms with Gasteiger partial charge in [0.05, 0.1) is 0 Å². The van der Waals surface area contributed by atoms with Crippen molar-refractivity contribution in [3.63, 3.8) is 0 Å². The van der Waals surface area contributed by atoms with Crippen LogP contribution in [0.1, 0.15) is 33.4 Å². The third-order valence-electron chi connectivity index (χ3n) is 4.15. The summed E-state index contributed by atoms with van der Waals surface area (Å²) in [6.45, 7) is 7.73. The van der Waals surface area contributed by atoms with Gasteiger partial charge in [0, 0.05) is 0 Å². The highest BCUT2D eigenvalue weighted by molar-refractivity contribution is 5.46. The smallest absolute Gasteiger partial charge is 0.121 e. The van der Waals surface area contributed by atoms with Gasteiger partial charge in [-0.15, -0.1) is 0 Å². The van der Waals surface area contributed by atoms with E-state index < -0.39 is 0 Å². The average Bonchev–Trinajstić information content (AvgIpc) is 2.43. The van der Waals surface area contributed by atoms with E-state index in [1.165, 1.54) is 0 Å². The van der Waals surface area contributed by atoms with Gasteiger partial charge in [-0.1, -0.05) is 24.3 Å². The summed E-state index contributed by atoms with van der Waals surface area (Å²) in [5.74, 6) is 0.789. The summed E-state index contributed by atoms with van der Waals surface area (Å²) in [7, 11) is 0. The quantitative estimate of drug-likeness (QED) is 0.881. The molecule has 2 rings (SSSR count). The van der Waals surface area contributed by atoms with Crippen LogP contribution in [0.5, 0.6) is 11.5 Å². The molecule has 2 aromatic carbocycles. The molecule has 0 unspecified atom stereocenters. The molecular weight excluding hydrogens is 248 g/mol. The first kappa shape index (κ1) is 14.4. The molecule has 2 aromatic rings.